The molecule has 3 rings (SSSR count). The van der Waals surface area contributed by atoms with Crippen molar-refractivity contribution in [2.45, 2.75) is 36.6 Å². The van der Waals surface area contributed by atoms with Crippen molar-refractivity contribution in [3.05, 3.63) is 12.1 Å². The molecule has 1 saturated carbocycles. The monoisotopic (exact) mass is 369 g/mol. The Morgan fingerprint density at radius 1 is 1.40 bits per heavy atom. The third-order valence-corrected chi connectivity index (χ3v) is 6.23. The van der Waals surface area contributed by atoms with Crippen molar-refractivity contribution in [3.8, 4) is 11.5 Å². The van der Waals surface area contributed by atoms with E-state index in [1.807, 2.05) is 0 Å². The van der Waals surface area contributed by atoms with Crippen LogP contribution in [0.3, 0.4) is 0 Å². The molecule has 1 unspecified atom stereocenters. The van der Waals surface area contributed by atoms with Gasteiger partial charge in [-0.1, -0.05) is 12.8 Å². The molecule has 0 spiro atoms. The van der Waals surface area contributed by atoms with E-state index in [4.69, 9.17) is 15.2 Å². The maximum atomic E-state index is 12.9. The Hall–Kier alpha value is -1.84. The van der Waals surface area contributed by atoms with Gasteiger partial charge < -0.3 is 20.5 Å². The summed E-state index contributed by atoms with van der Waals surface area (Å²) in [5, 5.41) is 2.63. The van der Waals surface area contributed by atoms with E-state index in [9.17, 15) is 13.2 Å². The fourth-order valence-corrected chi connectivity index (χ4v) is 4.90. The number of carbonyl (C=O) groups is 1. The number of carbonyl (C=O) groups excluding carboxylic acids is 1. The maximum Gasteiger partial charge on any atom is 0.262 e. The highest BCUT2D eigenvalue weighted by molar-refractivity contribution is 7.89. The predicted molar refractivity (Wildman–Crippen MR) is 92.2 cm³/mol. The average molecular weight is 369 g/mol. The number of hydrogen-bond acceptors (Lipinski definition) is 6. The summed E-state index contributed by atoms with van der Waals surface area (Å²) in [6.07, 6.45) is 4.14. The van der Waals surface area contributed by atoms with Crippen LogP contribution in [0.4, 0.5) is 5.69 Å². The van der Waals surface area contributed by atoms with Crippen LogP contribution in [0.5, 0.6) is 11.5 Å². The Labute approximate surface area is 147 Å². The van der Waals surface area contributed by atoms with Crippen LogP contribution < -0.4 is 25.2 Å². The summed E-state index contributed by atoms with van der Waals surface area (Å²) >= 11 is 0. The molecule has 0 radical (unpaired) electrons. The molecule has 0 aromatic heterocycles. The molecule has 9 heteroatoms. The second kappa shape index (κ2) is 7.19. The minimum Gasteiger partial charge on any atom is -0.495 e. The van der Waals surface area contributed by atoms with Crippen LogP contribution in [0.2, 0.25) is 0 Å². The van der Waals surface area contributed by atoms with E-state index < -0.39 is 10.0 Å². The van der Waals surface area contributed by atoms with Gasteiger partial charge in [-0.2, -0.15) is 0 Å². The Morgan fingerprint density at radius 2 is 2.12 bits per heavy atom. The number of benzene rings is 1. The van der Waals surface area contributed by atoms with Crippen LogP contribution in [-0.2, 0) is 14.8 Å². The SMILES string of the molecule is COc1cc2c(cc1S(=O)(=O)NC(CN)C1CCCC1)OCC(=O)N2. The van der Waals surface area contributed by atoms with Gasteiger partial charge in [-0.3, -0.25) is 4.79 Å². The summed E-state index contributed by atoms with van der Waals surface area (Å²) < 4.78 is 39.0. The third-order valence-electron chi connectivity index (χ3n) is 4.72. The summed E-state index contributed by atoms with van der Waals surface area (Å²) in [6.45, 7) is 0.0868. The van der Waals surface area contributed by atoms with Crippen molar-refractivity contribution in [1.82, 2.24) is 4.72 Å². The highest BCUT2D eigenvalue weighted by Crippen LogP contribution is 2.37. The minimum absolute atomic E-state index is 0.0265. The Balaban J connectivity index is 1.91. The number of hydrogen-bond donors (Lipinski definition) is 3. The number of anilines is 1. The topological polar surface area (TPSA) is 120 Å². The van der Waals surface area contributed by atoms with Crippen LogP contribution in [-0.4, -0.2) is 40.6 Å². The highest BCUT2D eigenvalue weighted by atomic mass is 32.2. The number of sulfonamides is 1. The average Bonchev–Trinajstić information content (AvgIpc) is 3.12. The highest BCUT2D eigenvalue weighted by Gasteiger charge is 2.31. The second-order valence-electron chi connectivity index (χ2n) is 6.34. The third kappa shape index (κ3) is 3.73. The predicted octanol–water partition coefficient (Wildman–Crippen LogP) is 0.822. The molecule has 0 saturated heterocycles. The zero-order valence-electron chi connectivity index (χ0n) is 14.1. The van der Waals surface area contributed by atoms with Crippen molar-refractivity contribution in [2.75, 3.05) is 25.6 Å². The lowest BCUT2D eigenvalue weighted by atomic mass is 9.99. The van der Waals surface area contributed by atoms with E-state index in [2.05, 4.69) is 10.0 Å². The molecule has 1 amide bonds. The lowest BCUT2D eigenvalue weighted by Crippen LogP contribution is -2.44. The largest absolute Gasteiger partial charge is 0.495 e. The molecule has 1 atom stereocenters. The zero-order chi connectivity index (χ0) is 18.0. The van der Waals surface area contributed by atoms with Crippen LogP contribution in [0, 0.1) is 5.92 Å². The summed E-state index contributed by atoms with van der Waals surface area (Å²) in [7, 11) is -2.47. The van der Waals surface area contributed by atoms with E-state index in [-0.39, 0.29) is 41.7 Å². The molecule has 2 aliphatic rings. The van der Waals surface area contributed by atoms with Gasteiger partial charge in [0.15, 0.2) is 6.61 Å². The molecule has 1 heterocycles. The standard InChI is InChI=1S/C16H23N3O5S/c1-23-14-6-11-13(24-9-16(20)18-11)7-15(14)25(21,22)19-12(8-17)10-4-2-3-5-10/h6-7,10,12,19H,2-5,8-9,17H2,1H3,(H,18,20). The summed E-state index contributed by atoms with van der Waals surface area (Å²) in [5.41, 5.74) is 6.19. The van der Waals surface area contributed by atoms with Crippen LogP contribution in [0.25, 0.3) is 0 Å². The number of nitrogens with one attached hydrogen (secondary N) is 2. The fraction of sp³-hybridized carbons (Fsp3) is 0.562. The molecule has 1 fully saturated rings. The van der Waals surface area contributed by atoms with Gasteiger partial charge >= 0.3 is 0 Å². The van der Waals surface area contributed by atoms with E-state index >= 15 is 0 Å². The molecule has 25 heavy (non-hydrogen) atoms. The lowest BCUT2D eigenvalue weighted by molar-refractivity contribution is -0.118. The van der Waals surface area contributed by atoms with Gasteiger partial charge in [0.25, 0.3) is 5.91 Å². The summed E-state index contributed by atoms with van der Waals surface area (Å²) in [5.74, 6) is 0.386. The number of amides is 1. The molecule has 4 N–H and O–H groups in total. The minimum atomic E-state index is -3.85. The van der Waals surface area contributed by atoms with Gasteiger partial charge in [0.2, 0.25) is 10.0 Å². The number of nitrogens with two attached hydrogens (primary N) is 1. The lowest BCUT2D eigenvalue weighted by Gasteiger charge is -2.24. The number of ether oxygens (including phenoxy) is 2. The van der Waals surface area contributed by atoms with Gasteiger partial charge in [0, 0.05) is 24.7 Å². The van der Waals surface area contributed by atoms with Crippen molar-refractivity contribution in [3.63, 3.8) is 0 Å². The van der Waals surface area contributed by atoms with Gasteiger partial charge in [-0.15, -0.1) is 0 Å². The second-order valence-corrected chi connectivity index (χ2v) is 8.03. The first-order valence-electron chi connectivity index (χ1n) is 8.31. The molecule has 0 bridgehead atoms. The molecule has 1 aliphatic heterocycles. The fourth-order valence-electron chi connectivity index (χ4n) is 3.42. The zero-order valence-corrected chi connectivity index (χ0v) is 14.9. The number of fused-ring (bicyclic) bond motifs is 1. The maximum absolute atomic E-state index is 12.9. The van der Waals surface area contributed by atoms with Crippen LogP contribution >= 0.6 is 0 Å². The first kappa shape index (κ1) is 18.0. The first-order valence-corrected chi connectivity index (χ1v) is 9.80. The van der Waals surface area contributed by atoms with E-state index in [0.717, 1.165) is 25.7 Å². The molecule has 1 aliphatic carbocycles. The first-order chi connectivity index (χ1) is 11.9. The molecule has 138 valence electrons. The van der Waals surface area contributed by atoms with Gasteiger partial charge in [-0.05, 0) is 18.8 Å². The number of methoxy groups -OCH3 is 1. The summed E-state index contributed by atoms with van der Waals surface area (Å²) in [4.78, 5) is 11.4. The molecular weight excluding hydrogens is 346 g/mol. The normalized spacial score (nSPS) is 19.0. The van der Waals surface area contributed by atoms with Gasteiger partial charge in [0.1, 0.15) is 16.4 Å². The number of rotatable bonds is 6. The van der Waals surface area contributed by atoms with Gasteiger partial charge in [-0.25, -0.2) is 13.1 Å². The van der Waals surface area contributed by atoms with E-state index in [1.165, 1.54) is 19.2 Å². The summed E-state index contributed by atoms with van der Waals surface area (Å²) in [6, 6.07) is 2.51. The molecular formula is C16H23N3O5S. The van der Waals surface area contributed by atoms with Crippen molar-refractivity contribution in [2.24, 2.45) is 11.7 Å². The van der Waals surface area contributed by atoms with E-state index in [1.54, 1.807) is 0 Å². The van der Waals surface area contributed by atoms with Crippen LogP contribution in [0.1, 0.15) is 25.7 Å². The Kier molecular flexibility index (Phi) is 5.16. The molecule has 8 nitrogen and oxygen atoms in total. The molecule has 1 aromatic rings. The Bertz CT molecular complexity index is 759. The van der Waals surface area contributed by atoms with Crippen molar-refractivity contribution < 1.29 is 22.7 Å². The molecule has 1 aromatic carbocycles. The van der Waals surface area contributed by atoms with E-state index in [0.29, 0.717) is 11.4 Å². The van der Waals surface area contributed by atoms with Crippen LogP contribution in [0.15, 0.2) is 17.0 Å². The Morgan fingerprint density at radius 3 is 2.76 bits per heavy atom. The van der Waals surface area contributed by atoms with Crippen molar-refractivity contribution >= 4 is 21.6 Å². The quantitative estimate of drug-likeness (QED) is 0.683. The van der Waals surface area contributed by atoms with Crippen molar-refractivity contribution in [1.29, 1.82) is 0 Å². The smallest absolute Gasteiger partial charge is 0.262 e. The van der Waals surface area contributed by atoms with Gasteiger partial charge in [0.05, 0.1) is 12.8 Å².